The first-order chi connectivity index (χ1) is 29.1. The van der Waals surface area contributed by atoms with Crippen molar-refractivity contribution in [2.24, 2.45) is 0 Å². The van der Waals surface area contributed by atoms with E-state index < -0.39 is 20.0 Å². The number of carbonyl (C=O) groups is 2. The summed E-state index contributed by atoms with van der Waals surface area (Å²) in [6.45, 7) is 5.11. The summed E-state index contributed by atoms with van der Waals surface area (Å²) in [5.74, 6) is 1.77. The lowest BCUT2D eigenvalue weighted by Gasteiger charge is -2.27. The van der Waals surface area contributed by atoms with Gasteiger partial charge in [-0.1, -0.05) is 86.2 Å². The number of cyclic esters (lactones) is 2. The Morgan fingerprint density at radius 3 is 1.57 bits per heavy atom. The lowest BCUT2D eigenvalue weighted by atomic mass is 9.88. The molecule has 0 spiro atoms. The third-order valence-corrected chi connectivity index (χ3v) is 9.43. The molecule has 0 saturated carbocycles. The van der Waals surface area contributed by atoms with E-state index in [1.165, 1.54) is 34.5 Å². The van der Waals surface area contributed by atoms with E-state index in [1.807, 2.05) is 60.7 Å². The maximum atomic E-state index is 14.9. The van der Waals surface area contributed by atoms with Crippen molar-refractivity contribution in [2.75, 3.05) is 68.8 Å². The molecular formula is C45H52O14Si. The Balaban J connectivity index is 2.04. The molecule has 0 fully saturated rings. The maximum absolute atomic E-state index is 14.9. The molecule has 0 saturated heterocycles. The third kappa shape index (κ3) is 11.9. The number of methoxy groups -OCH3 is 4. The normalized spacial score (nSPS) is 12.8. The van der Waals surface area contributed by atoms with E-state index in [9.17, 15) is 9.59 Å². The number of ether oxygens (including phenoxy) is 12. The number of benzene rings is 4. The van der Waals surface area contributed by atoms with Crippen LogP contribution in [0.1, 0.15) is 50.2 Å². The standard InChI is InChI=1S/C45H52O14Si/c1-48-27-56-35-24-34-36(41(58-29-50-3)40(35)54-25-31-16-10-8-11-17-31)38-37(45(47)53-22-15-14-21-52-44(34)46)33(20-23-60(5,6)7)39(57-28-49-2)43(42(38)59-30-51-4)55-26-32-18-12-9-13-19-32/h8-13,16-19,24H,14-15,21-22,25-30H2,1-7H3. The quantitative estimate of drug-likeness (QED) is 0.0416. The molecule has 4 aromatic rings. The van der Waals surface area contributed by atoms with Gasteiger partial charge in [-0.15, -0.1) is 5.54 Å². The highest BCUT2D eigenvalue weighted by Crippen LogP contribution is 2.56. The van der Waals surface area contributed by atoms with Crippen molar-refractivity contribution in [3.05, 3.63) is 94.5 Å². The number of hydrogen-bond donors (Lipinski definition) is 0. The number of rotatable bonds is 18. The molecule has 1 aliphatic heterocycles. The van der Waals surface area contributed by atoms with Gasteiger partial charge in [0.25, 0.3) is 0 Å². The summed E-state index contributed by atoms with van der Waals surface area (Å²) in [7, 11) is 3.62. The van der Waals surface area contributed by atoms with E-state index >= 15 is 0 Å². The fourth-order valence-electron chi connectivity index (χ4n) is 5.93. The fraction of sp³-hybridized carbons (Fsp3) is 0.378. The third-order valence-electron chi connectivity index (χ3n) is 8.56. The lowest BCUT2D eigenvalue weighted by molar-refractivity contribution is 0.0372. The minimum absolute atomic E-state index is 0.000611. The first-order valence-corrected chi connectivity index (χ1v) is 22.7. The molecule has 1 heterocycles. The van der Waals surface area contributed by atoms with Gasteiger partial charge in [0.15, 0.2) is 50.2 Å². The highest BCUT2D eigenvalue weighted by atomic mass is 28.3. The average molecular weight is 845 g/mol. The molecule has 0 N–H and O–H groups in total. The zero-order valence-electron chi connectivity index (χ0n) is 35.1. The first kappa shape index (κ1) is 45.3. The zero-order valence-corrected chi connectivity index (χ0v) is 36.1. The molecule has 0 bridgehead atoms. The van der Waals surface area contributed by atoms with Crippen LogP contribution < -0.4 is 28.4 Å². The second-order valence-electron chi connectivity index (χ2n) is 14.3. The van der Waals surface area contributed by atoms with Gasteiger partial charge < -0.3 is 56.8 Å². The largest absolute Gasteiger partial charge is 0.482 e. The molecule has 14 nitrogen and oxygen atoms in total. The van der Waals surface area contributed by atoms with E-state index in [-0.39, 0.29) is 116 Å². The highest BCUT2D eigenvalue weighted by molar-refractivity contribution is 6.83. The summed E-state index contributed by atoms with van der Waals surface area (Å²) < 4.78 is 71.8. The summed E-state index contributed by atoms with van der Waals surface area (Å²) in [5.41, 5.74) is 4.90. The van der Waals surface area contributed by atoms with Crippen LogP contribution in [0.2, 0.25) is 19.6 Å². The predicted molar refractivity (Wildman–Crippen MR) is 223 cm³/mol. The Morgan fingerprint density at radius 1 is 0.550 bits per heavy atom. The maximum Gasteiger partial charge on any atom is 0.340 e. The Bertz CT molecular complexity index is 2110. The van der Waals surface area contributed by atoms with Gasteiger partial charge in [0.1, 0.15) is 21.3 Å². The van der Waals surface area contributed by atoms with Crippen LogP contribution in [0.3, 0.4) is 0 Å². The first-order valence-electron chi connectivity index (χ1n) is 19.2. The van der Waals surface area contributed by atoms with E-state index in [2.05, 4.69) is 31.1 Å². The van der Waals surface area contributed by atoms with Crippen molar-refractivity contribution in [3.8, 4) is 57.1 Å². The van der Waals surface area contributed by atoms with Crippen LogP contribution in [0.5, 0.6) is 34.5 Å². The molecule has 4 aromatic carbocycles. The van der Waals surface area contributed by atoms with Crippen LogP contribution in [-0.4, -0.2) is 88.8 Å². The minimum Gasteiger partial charge on any atom is -0.482 e. The minimum atomic E-state index is -2.18. The molecule has 1 aliphatic rings. The molecule has 0 aromatic heterocycles. The predicted octanol–water partition coefficient (Wildman–Crippen LogP) is 7.78. The van der Waals surface area contributed by atoms with Crippen LogP contribution in [-0.2, 0) is 41.6 Å². The van der Waals surface area contributed by atoms with Gasteiger partial charge in [-0.25, -0.2) is 9.59 Å². The zero-order chi connectivity index (χ0) is 42.9. The van der Waals surface area contributed by atoms with Gasteiger partial charge in [-0.2, -0.15) is 0 Å². The molecule has 0 atom stereocenters. The highest BCUT2D eigenvalue weighted by Gasteiger charge is 2.38. The SMILES string of the molecule is COCOc1cc2c(c(OCOC)c1OCc1ccccc1)-c1c(OCOC)c(OCc3ccccc3)c(OCOC)c(C#C[Si](C)(C)C)c1C(=O)OCCCCOC2=O. The van der Waals surface area contributed by atoms with Gasteiger partial charge in [0, 0.05) is 39.6 Å². The van der Waals surface area contributed by atoms with Gasteiger partial charge in [-0.3, -0.25) is 0 Å². The van der Waals surface area contributed by atoms with Crippen molar-refractivity contribution in [1.29, 1.82) is 0 Å². The number of hydrogen-bond acceptors (Lipinski definition) is 14. The topological polar surface area (TPSA) is 145 Å². The molecular weight excluding hydrogens is 793 g/mol. The summed E-state index contributed by atoms with van der Waals surface area (Å²) in [6, 6.07) is 20.3. The Labute approximate surface area is 351 Å². The van der Waals surface area contributed by atoms with Crippen molar-refractivity contribution < 1.29 is 66.4 Å². The number of fused-ring (bicyclic) bond motifs is 3. The van der Waals surface area contributed by atoms with Gasteiger partial charge in [0.2, 0.25) is 11.5 Å². The smallest absolute Gasteiger partial charge is 0.340 e. The Hall–Kier alpha value is -5.76. The summed E-state index contributed by atoms with van der Waals surface area (Å²) in [5, 5.41) is 0. The number of esters is 2. The number of carbonyl (C=O) groups excluding carboxylic acids is 2. The van der Waals surface area contributed by atoms with Crippen LogP contribution in [0.25, 0.3) is 11.1 Å². The van der Waals surface area contributed by atoms with Crippen molar-refractivity contribution in [2.45, 2.75) is 45.7 Å². The van der Waals surface area contributed by atoms with Gasteiger partial charge >= 0.3 is 11.9 Å². The Kier molecular flexibility index (Phi) is 17.0. The second-order valence-corrected chi connectivity index (χ2v) is 19.0. The van der Waals surface area contributed by atoms with Gasteiger partial charge in [-0.05, 0) is 30.0 Å². The van der Waals surface area contributed by atoms with Crippen LogP contribution in [0, 0.1) is 11.5 Å². The molecule has 320 valence electrons. The summed E-state index contributed by atoms with van der Waals surface area (Å²) in [6.07, 6.45) is 0.796. The molecule has 5 rings (SSSR count). The van der Waals surface area contributed by atoms with E-state index in [1.54, 1.807) is 0 Å². The van der Waals surface area contributed by atoms with E-state index in [0.29, 0.717) is 12.8 Å². The monoisotopic (exact) mass is 844 g/mol. The van der Waals surface area contributed by atoms with Crippen molar-refractivity contribution >= 4 is 20.0 Å². The fourth-order valence-corrected chi connectivity index (χ4v) is 6.43. The molecule has 0 aliphatic carbocycles. The van der Waals surface area contributed by atoms with E-state index in [4.69, 9.17) is 56.8 Å². The summed E-state index contributed by atoms with van der Waals surface area (Å²) >= 11 is 0. The van der Waals surface area contributed by atoms with E-state index in [0.717, 1.165) is 11.1 Å². The van der Waals surface area contributed by atoms with Crippen molar-refractivity contribution in [1.82, 2.24) is 0 Å². The average Bonchev–Trinajstić information content (AvgIpc) is 3.24. The van der Waals surface area contributed by atoms with Crippen LogP contribution >= 0.6 is 0 Å². The molecule has 0 radical (unpaired) electrons. The lowest BCUT2D eigenvalue weighted by Crippen LogP contribution is -2.20. The molecule has 15 heteroatoms. The molecule has 60 heavy (non-hydrogen) atoms. The summed E-state index contributed by atoms with van der Waals surface area (Å²) in [4.78, 5) is 29.4. The van der Waals surface area contributed by atoms with Crippen LogP contribution in [0.4, 0.5) is 0 Å². The molecule has 0 unspecified atom stereocenters. The Morgan fingerprint density at radius 2 is 1.03 bits per heavy atom. The second kappa shape index (κ2) is 22.6. The van der Waals surface area contributed by atoms with Gasteiger partial charge in [0.05, 0.1) is 29.9 Å². The van der Waals surface area contributed by atoms with Crippen molar-refractivity contribution in [3.63, 3.8) is 0 Å². The molecule has 0 amide bonds. The van der Waals surface area contributed by atoms with Crippen LogP contribution in [0.15, 0.2) is 66.7 Å².